The van der Waals surface area contributed by atoms with Gasteiger partial charge in [-0.1, -0.05) is 18.2 Å². The van der Waals surface area contributed by atoms with E-state index in [1.165, 1.54) is 0 Å². The third kappa shape index (κ3) is 3.99. The van der Waals surface area contributed by atoms with Gasteiger partial charge in [-0.2, -0.15) is 0 Å². The van der Waals surface area contributed by atoms with Crippen LogP contribution in [0.2, 0.25) is 0 Å². The van der Waals surface area contributed by atoms with Gasteiger partial charge in [-0.3, -0.25) is 4.79 Å². The lowest BCUT2D eigenvalue weighted by Crippen LogP contribution is -2.11. The van der Waals surface area contributed by atoms with Crippen LogP contribution in [-0.2, 0) is 6.54 Å². The summed E-state index contributed by atoms with van der Waals surface area (Å²) in [5, 5.41) is 3.33. The number of amides is 1. The highest BCUT2D eigenvalue weighted by Crippen LogP contribution is 2.26. The van der Waals surface area contributed by atoms with Gasteiger partial charge in [0.25, 0.3) is 0 Å². The van der Waals surface area contributed by atoms with E-state index in [-0.39, 0.29) is 0 Å². The average Bonchev–Trinajstić information content (AvgIpc) is 2.47. The number of nitrogens with one attached hydrogen (secondary N) is 1. The maximum absolute atomic E-state index is 11.2. The van der Waals surface area contributed by atoms with E-state index in [1.54, 1.807) is 12.1 Å². The van der Waals surface area contributed by atoms with Crippen LogP contribution in [0.25, 0.3) is 0 Å². The van der Waals surface area contributed by atoms with Crippen LogP contribution in [0.3, 0.4) is 0 Å². The lowest BCUT2D eigenvalue weighted by atomic mass is 10.1. The van der Waals surface area contributed by atoms with Crippen molar-refractivity contribution >= 4 is 11.6 Å². The number of primary amides is 1. The first-order valence-corrected chi connectivity index (χ1v) is 6.96. The Hall–Kier alpha value is -2.49. The predicted molar refractivity (Wildman–Crippen MR) is 84.6 cm³/mol. The second kappa shape index (κ2) is 6.79. The second-order valence-electron chi connectivity index (χ2n) is 4.85. The molecule has 0 radical (unpaired) electrons. The van der Waals surface area contributed by atoms with Crippen molar-refractivity contribution in [1.82, 2.24) is 0 Å². The van der Waals surface area contributed by atoms with E-state index in [0.717, 1.165) is 22.6 Å². The topological polar surface area (TPSA) is 64.3 Å². The highest BCUT2D eigenvalue weighted by Gasteiger charge is 2.05. The average molecular weight is 284 g/mol. The van der Waals surface area contributed by atoms with E-state index < -0.39 is 5.91 Å². The van der Waals surface area contributed by atoms with Crippen LogP contribution in [0.15, 0.2) is 42.5 Å². The van der Waals surface area contributed by atoms with Crippen molar-refractivity contribution in [3.8, 4) is 5.75 Å². The first-order valence-electron chi connectivity index (χ1n) is 6.96. The summed E-state index contributed by atoms with van der Waals surface area (Å²) in [6, 6.07) is 13.3. The number of hydrogen-bond acceptors (Lipinski definition) is 3. The highest BCUT2D eigenvalue weighted by atomic mass is 16.5. The highest BCUT2D eigenvalue weighted by molar-refractivity contribution is 5.92. The van der Waals surface area contributed by atoms with Crippen molar-refractivity contribution in [1.29, 1.82) is 0 Å². The van der Waals surface area contributed by atoms with Crippen molar-refractivity contribution < 1.29 is 9.53 Å². The first-order chi connectivity index (χ1) is 10.1. The molecule has 0 heterocycles. The molecule has 2 aromatic rings. The Labute approximate surface area is 124 Å². The van der Waals surface area contributed by atoms with E-state index in [2.05, 4.69) is 5.32 Å². The predicted octanol–water partition coefficient (Wildman–Crippen LogP) is 3.10. The molecule has 0 saturated carbocycles. The van der Waals surface area contributed by atoms with Gasteiger partial charge in [0, 0.05) is 12.1 Å². The minimum atomic E-state index is -0.415. The van der Waals surface area contributed by atoms with E-state index in [0.29, 0.717) is 18.7 Å². The van der Waals surface area contributed by atoms with Gasteiger partial charge in [0.05, 0.1) is 12.3 Å². The fourth-order valence-corrected chi connectivity index (χ4v) is 2.08. The minimum Gasteiger partial charge on any atom is -0.492 e. The van der Waals surface area contributed by atoms with Crippen LogP contribution >= 0.6 is 0 Å². The molecule has 1 amide bonds. The van der Waals surface area contributed by atoms with Crippen LogP contribution in [-0.4, -0.2) is 12.5 Å². The normalized spacial score (nSPS) is 10.2. The summed E-state index contributed by atoms with van der Waals surface area (Å²) in [6.45, 7) is 5.21. The molecular formula is C17H20N2O2. The van der Waals surface area contributed by atoms with E-state index in [4.69, 9.17) is 10.5 Å². The van der Waals surface area contributed by atoms with Crippen LogP contribution in [0.4, 0.5) is 5.69 Å². The number of rotatable bonds is 6. The Morgan fingerprint density at radius 1 is 1.24 bits per heavy atom. The molecule has 2 aromatic carbocycles. The summed E-state index contributed by atoms with van der Waals surface area (Å²) < 4.78 is 5.63. The van der Waals surface area contributed by atoms with Crippen LogP contribution in [0.1, 0.15) is 28.4 Å². The van der Waals surface area contributed by atoms with Gasteiger partial charge >= 0.3 is 0 Å². The summed E-state index contributed by atoms with van der Waals surface area (Å²) in [5.41, 5.74) is 8.89. The van der Waals surface area contributed by atoms with Gasteiger partial charge in [-0.05, 0) is 49.2 Å². The zero-order valence-electron chi connectivity index (χ0n) is 12.3. The summed E-state index contributed by atoms with van der Waals surface area (Å²) in [5.74, 6) is 0.422. The Morgan fingerprint density at radius 3 is 2.76 bits per heavy atom. The Bertz CT molecular complexity index is 638. The molecule has 0 aromatic heterocycles. The second-order valence-corrected chi connectivity index (χ2v) is 4.85. The zero-order valence-corrected chi connectivity index (χ0v) is 12.3. The number of aryl methyl sites for hydroxylation is 1. The molecule has 110 valence electrons. The number of nitrogens with two attached hydrogens (primary N) is 1. The molecule has 4 heteroatoms. The molecule has 4 nitrogen and oxygen atoms in total. The SMILES string of the molecule is CCOc1cc(C)ccc1NCc1cccc(C(N)=O)c1. The van der Waals surface area contributed by atoms with Gasteiger partial charge in [0.2, 0.25) is 5.91 Å². The first kappa shape index (κ1) is 14.9. The van der Waals surface area contributed by atoms with Crippen molar-refractivity contribution in [2.75, 3.05) is 11.9 Å². The van der Waals surface area contributed by atoms with Gasteiger partial charge in [0.1, 0.15) is 5.75 Å². The molecule has 0 atom stereocenters. The van der Waals surface area contributed by atoms with Crippen LogP contribution < -0.4 is 15.8 Å². The summed E-state index contributed by atoms with van der Waals surface area (Å²) >= 11 is 0. The molecule has 21 heavy (non-hydrogen) atoms. The zero-order chi connectivity index (χ0) is 15.2. The molecule has 0 spiro atoms. The molecule has 0 unspecified atom stereocenters. The lowest BCUT2D eigenvalue weighted by molar-refractivity contribution is 0.1000. The molecule has 3 N–H and O–H groups in total. The largest absolute Gasteiger partial charge is 0.492 e. The van der Waals surface area contributed by atoms with E-state index >= 15 is 0 Å². The molecule has 0 bridgehead atoms. The van der Waals surface area contributed by atoms with Crippen molar-refractivity contribution in [3.63, 3.8) is 0 Å². The smallest absolute Gasteiger partial charge is 0.248 e. The molecule has 0 aliphatic carbocycles. The number of ether oxygens (including phenoxy) is 1. The van der Waals surface area contributed by atoms with E-state index in [1.807, 2.05) is 44.2 Å². The van der Waals surface area contributed by atoms with Gasteiger partial charge < -0.3 is 15.8 Å². The molecular weight excluding hydrogens is 264 g/mol. The fraction of sp³-hybridized carbons (Fsp3) is 0.235. The quantitative estimate of drug-likeness (QED) is 0.856. The number of carbonyl (C=O) groups excluding carboxylic acids is 1. The standard InChI is InChI=1S/C17H20N2O2/c1-3-21-16-9-12(2)7-8-15(16)19-11-13-5-4-6-14(10-13)17(18)20/h4-10,19H,3,11H2,1-2H3,(H2,18,20). The molecule has 0 fully saturated rings. The Morgan fingerprint density at radius 2 is 2.05 bits per heavy atom. The molecule has 0 aliphatic heterocycles. The molecule has 0 aliphatic rings. The van der Waals surface area contributed by atoms with Gasteiger partial charge in [-0.25, -0.2) is 0 Å². The van der Waals surface area contributed by atoms with E-state index in [9.17, 15) is 4.79 Å². The van der Waals surface area contributed by atoms with Crippen molar-refractivity contribution in [3.05, 3.63) is 59.2 Å². The monoisotopic (exact) mass is 284 g/mol. The number of benzene rings is 2. The van der Waals surface area contributed by atoms with Crippen molar-refractivity contribution in [2.24, 2.45) is 5.73 Å². The van der Waals surface area contributed by atoms with Crippen molar-refractivity contribution in [2.45, 2.75) is 20.4 Å². The lowest BCUT2D eigenvalue weighted by Gasteiger charge is -2.13. The third-order valence-corrected chi connectivity index (χ3v) is 3.13. The van der Waals surface area contributed by atoms with Gasteiger partial charge in [-0.15, -0.1) is 0 Å². The summed E-state index contributed by atoms with van der Waals surface area (Å²) in [6.07, 6.45) is 0. The minimum absolute atomic E-state index is 0.415. The fourth-order valence-electron chi connectivity index (χ4n) is 2.08. The van der Waals surface area contributed by atoms with Gasteiger partial charge in [0.15, 0.2) is 0 Å². The van der Waals surface area contributed by atoms with Crippen LogP contribution in [0.5, 0.6) is 5.75 Å². The summed E-state index contributed by atoms with van der Waals surface area (Å²) in [7, 11) is 0. The number of hydrogen-bond donors (Lipinski definition) is 2. The Balaban J connectivity index is 2.12. The molecule has 2 rings (SSSR count). The van der Waals surface area contributed by atoms with Crippen LogP contribution in [0, 0.1) is 6.92 Å². The Kier molecular flexibility index (Phi) is 4.82. The number of carbonyl (C=O) groups is 1. The molecule has 0 saturated heterocycles. The third-order valence-electron chi connectivity index (χ3n) is 3.13. The summed E-state index contributed by atoms with van der Waals surface area (Å²) in [4.78, 5) is 11.2. The maximum atomic E-state index is 11.2. The number of anilines is 1. The maximum Gasteiger partial charge on any atom is 0.248 e.